The second-order valence-corrected chi connectivity index (χ2v) is 21.7. The van der Waals surface area contributed by atoms with Gasteiger partial charge in [-0.25, -0.2) is 14.0 Å². The minimum atomic E-state index is -4.48. The number of aromatic carboxylic acids is 2. The number of aliphatic carboxylic acids is 1. The lowest BCUT2D eigenvalue weighted by atomic mass is 9.79. The van der Waals surface area contributed by atoms with Crippen LogP contribution >= 0.6 is 23.2 Å². The molecule has 356 valence electrons. The molecule has 0 bridgehead atoms. The summed E-state index contributed by atoms with van der Waals surface area (Å²) in [6.07, 6.45) is 3.26. The van der Waals surface area contributed by atoms with E-state index in [1.54, 1.807) is 12.1 Å². The monoisotopic (exact) mass is 997 g/mol. The summed E-state index contributed by atoms with van der Waals surface area (Å²) in [6.45, 7) is 9.33. The number of benzene rings is 7. The number of unbranched alkanes of at least 4 members (excludes halogenated alkanes) is 2. The van der Waals surface area contributed by atoms with Gasteiger partial charge in [-0.3, -0.25) is 9.35 Å². The summed E-state index contributed by atoms with van der Waals surface area (Å²) in [4.78, 5) is 41.8. The van der Waals surface area contributed by atoms with E-state index in [-0.39, 0.29) is 38.1 Å². The first kappa shape index (κ1) is 46.9. The minimum absolute atomic E-state index is 0.0697. The Morgan fingerprint density at radius 1 is 0.643 bits per heavy atom. The van der Waals surface area contributed by atoms with Crippen LogP contribution in [0.25, 0.3) is 54.6 Å². The van der Waals surface area contributed by atoms with Gasteiger partial charge in [-0.05, 0) is 67.3 Å². The molecule has 7 aromatic carbocycles. The number of carboxylic acids is 3. The number of hydrogen-bond donors (Lipinski definition) is 4. The highest BCUT2D eigenvalue weighted by Gasteiger charge is 2.49. The van der Waals surface area contributed by atoms with Crippen molar-refractivity contribution in [2.24, 2.45) is 0 Å². The number of anilines is 4. The molecular weight excluding hydrogens is 952 g/mol. The number of halogens is 2. The van der Waals surface area contributed by atoms with Crippen LogP contribution in [0.15, 0.2) is 112 Å². The molecule has 0 saturated heterocycles. The summed E-state index contributed by atoms with van der Waals surface area (Å²) in [6, 6.07) is 30.9. The number of carbonyl (C=O) groups is 3. The number of rotatable bonds is 12. The molecule has 2 aliphatic heterocycles. The van der Waals surface area contributed by atoms with Crippen LogP contribution in [0.2, 0.25) is 10.0 Å². The zero-order valence-corrected chi connectivity index (χ0v) is 40.9. The Kier molecular flexibility index (Phi) is 11.4. The lowest BCUT2D eigenvalue weighted by Gasteiger charge is -2.23. The Balaban J connectivity index is 1.35. The molecule has 0 atom stereocenters. The molecule has 0 aliphatic carbocycles. The maximum Gasteiger partial charge on any atom is 0.367 e. The molecule has 0 radical (unpaired) electrons. The van der Waals surface area contributed by atoms with Crippen molar-refractivity contribution in [3.63, 3.8) is 0 Å². The van der Waals surface area contributed by atoms with Crippen molar-refractivity contribution in [1.29, 1.82) is 0 Å². The summed E-state index contributed by atoms with van der Waals surface area (Å²) in [5, 5.41) is 34.1. The zero-order valence-electron chi connectivity index (χ0n) is 38.6. The van der Waals surface area contributed by atoms with Gasteiger partial charge in [0, 0.05) is 74.4 Å². The highest BCUT2D eigenvalue weighted by Crippen LogP contribution is 2.60. The van der Waals surface area contributed by atoms with Crippen LogP contribution in [0.3, 0.4) is 0 Å². The Hall–Kier alpha value is -6.77. The number of hydrogen-bond acceptors (Lipinski definition) is 7. The molecule has 2 aliphatic rings. The van der Waals surface area contributed by atoms with Gasteiger partial charge in [0.25, 0.3) is 10.1 Å². The van der Waals surface area contributed by atoms with E-state index in [4.69, 9.17) is 32.7 Å². The lowest BCUT2D eigenvalue weighted by Crippen LogP contribution is -2.25. The predicted octanol–water partition coefficient (Wildman–Crippen LogP) is 13.8. The van der Waals surface area contributed by atoms with E-state index in [0.29, 0.717) is 63.5 Å². The van der Waals surface area contributed by atoms with E-state index in [0.717, 1.165) is 69.9 Å². The Bertz CT molecular complexity index is 3690. The molecule has 4 N–H and O–H groups in total. The largest absolute Gasteiger partial charge is 0.481 e. The normalized spacial score (nSPS) is 15.0. The van der Waals surface area contributed by atoms with Gasteiger partial charge in [0.2, 0.25) is 0 Å². The van der Waals surface area contributed by atoms with Crippen molar-refractivity contribution in [2.75, 3.05) is 22.9 Å². The molecular formula is C55H47Cl2N2O10S+. The number of fused-ring (bicyclic) bond motifs is 12. The first-order valence-corrected chi connectivity index (χ1v) is 25.1. The maximum absolute atomic E-state index is 13.6. The number of aryl methyl sites for hydroxylation is 1. The Labute approximate surface area is 413 Å². The highest BCUT2D eigenvalue weighted by atomic mass is 35.5. The van der Waals surface area contributed by atoms with E-state index in [1.165, 1.54) is 12.1 Å². The van der Waals surface area contributed by atoms with Gasteiger partial charge in [-0.2, -0.15) is 8.42 Å². The second kappa shape index (κ2) is 17.0. The van der Waals surface area contributed by atoms with Gasteiger partial charge in [0.15, 0.2) is 0 Å². The van der Waals surface area contributed by atoms with Crippen molar-refractivity contribution in [1.82, 2.24) is 0 Å². The third kappa shape index (κ3) is 7.58. The van der Waals surface area contributed by atoms with Gasteiger partial charge in [-0.1, -0.05) is 118 Å². The molecule has 0 fully saturated rings. The number of carboxylic acid groups (broad SMARTS) is 3. The van der Waals surface area contributed by atoms with Gasteiger partial charge >= 0.3 is 29.1 Å². The molecule has 15 heteroatoms. The summed E-state index contributed by atoms with van der Waals surface area (Å²) < 4.78 is 41.7. The summed E-state index contributed by atoms with van der Waals surface area (Å²) in [5.41, 5.74) is 5.06. The van der Waals surface area contributed by atoms with Crippen molar-refractivity contribution in [2.45, 2.75) is 75.5 Å². The Morgan fingerprint density at radius 2 is 1.13 bits per heavy atom. The summed E-state index contributed by atoms with van der Waals surface area (Å²) in [7, 11) is -4.48. The molecule has 12 nitrogen and oxygen atoms in total. The Morgan fingerprint density at radius 3 is 1.59 bits per heavy atom. The fourth-order valence-electron chi connectivity index (χ4n) is 11.0. The fraction of sp³-hybridized carbons (Fsp3) is 0.236. The predicted molar refractivity (Wildman–Crippen MR) is 275 cm³/mol. The lowest BCUT2D eigenvalue weighted by molar-refractivity contribution is -0.137. The standard InChI is InChI=1S/C55H46Cl2N2O10S/c1-54(2)27-58(30-20-18-29(19-21-30)12-6-5-7-17-39(60)61)48-35-15-10-8-13-33(35)40-43(44-42(53(64)65)38(56)26-37(47(44)57)52(62)63)41-34-14-9-11-16-36(34)49-46(51(41)69-50(40)45(48)54)55(3,4)28-59(49)31-22-24-32(25-23-31)70(66,67)68/h8-11,13-16,18-26H,5-7,12,17,27-28H2,1-4H3,(H3-,60,61,62,63,64,65,66,67,68)/p+1. The summed E-state index contributed by atoms with van der Waals surface area (Å²) >= 11 is 14.2. The van der Waals surface area contributed by atoms with Gasteiger partial charge < -0.3 is 25.1 Å². The molecule has 10 rings (SSSR count). The molecule has 3 heterocycles. The molecule has 0 unspecified atom stereocenters. The average Bonchev–Trinajstić information content (AvgIpc) is 3.77. The molecule has 0 spiro atoms. The van der Waals surface area contributed by atoms with Gasteiger partial charge in [-0.15, -0.1) is 0 Å². The van der Waals surface area contributed by atoms with Gasteiger partial charge in [0.1, 0.15) is 0 Å². The van der Waals surface area contributed by atoms with E-state index in [2.05, 4.69) is 61.8 Å². The quantitative estimate of drug-likeness (QED) is 0.0299. The van der Waals surface area contributed by atoms with Crippen LogP contribution in [-0.4, -0.2) is 59.3 Å². The SMILES string of the molecule is CC1(C)CN(c2ccc(CCCCCC(=O)O)cc2)c2c1c1[o+]c3c4c(c5ccccc5c3c(-c3c(Cl)c(C(=O)O)cc(Cl)c3C(=O)O)c1c1ccccc21)N(c1ccc(S(=O)(=O)O)cc1)CC4(C)C. The van der Waals surface area contributed by atoms with E-state index < -0.39 is 38.9 Å². The molecule has 1 aromatic heterocycles. The summed E-state index contributed by atoms with van der Waals surface area (Å²) in [5.74, 6) is -3.60. The van der Waals surface area contributed by atoms with E-state index in [1.807, 2.05) is 48.5 Å². The van der Waals surface area contributed by atoms with Crippen molar-refractivity contribution >= 4 is 117 Å². The smallest absolute Gasteiger partial charge is 0.367 e. The first-order chi connectivity index (χ1) is 33.2. The van der Waals surface area contributed by atoms with Crippen molar-refractivity contribution < 1.29 is 47.1 Å². The fourth-order valence-corrected chi connectivity index (χ4v) is 12.1. The van der Waals surface area contributed by atoms with Gasteiger partial charge in [0.05, 0.1) is 59.3 Å². The highest BCUT2D eigenvalue weighted by molar-refractivity contribution is 7.85. The van der Waals surface area contributed by atoms with Crippen LogP contribution in [-0.2, 0) is 32.2 Å². The van der Waals surface area contributed by atoms with Crippen molar-refractivity contribution in [3.05, 3.63) is 141 Å². The van der Waals surface area contributed by atoms with E-state index >= 15 is 0 Å². The van der Waals surface area contributed by atoms with Crippen LogP contribution in [0, 0.1) is 0 Å². The maximum atomic E-state index is 13.6. The van der Waals surface area contributed by atoms with Crippen LogP contribution in [0.4, 0.5) is 22.7 Å². The molecule has 0 saturated carbocycles. The van der Waals surface area contributed by atoms with Crippen molar-refractivity contribution in [3.8, 4) is 11.1 Å². The topological polar surface area (TPSA) is 184 Å². The number of nitrogens with zero attached hydrogens (tertiary/aromatic N) is 2. The van der Waals surface area contributed by atoms with Crippen LogP contribution in [0.1, 0.15) is 90.8 Å². The van der Waals surface area contributed by atoms with Crippen LogP contribution in [0.5, 0.6) is 0 Å². The second-order valence-electron chi connectivity index (χ2n) is 19.5. The minimum Gasteiger partial charge on any atom is -0.481 e. The first-order valence-electron chi connectivity index (χ1n) is 22.9. The zero-order chi connectivity index (χ0) is 49.8. The third-order valence-electron chi connectivity index (χ3n) is 13.9. The molecule has 8 aromatic rings. The van der Waals surface area contributed by atoms with Crippen LogP contribution < -0.4 is 9.80 Å². The third-order valence-corrected chi connectivity index (χ3v) is 15.5. The van der Waals surface area contributed by atoms with E-state index in [9.17, 15) is 37.6 Å². The average molecular weight is 999 g/mol. The molecule has 70 heavy (non-hydrogen) atoms. The molecule has 0 amide bonds.